The first-order valence-corrected chi connectivity index (χ1v) is 16.9. The van der Waals surface area contributed by atoms with Gasteiger partial charge in [-0.1, -0.05) is 74.5 Å². The summed E-state index contributed by atoms with van der Waals surface area (Å²) in [6, 6.07) is 21.3. The van der Waals surface area contributed by atoms with Crippen LogP contribution in [0.1, 0.15) is 50.3 Å². The molecule has 9 nitrogen and oxygen atoms in total. The number of rotatable bonds is 17. The lowest BCUT2D eigenvalue weighted by Gasteiger charge is -2.30. The molecule has 3 aromatic rings. The molecule has 1 fully saturated rings. The van der Waals surface area contributed by atoms with Crippen LogP contribution in [0.4, 0.5) is 29.3 Å². The van der Waals surface area contributed by atoms with Crippen molar-refractivity contribution in [1.29, 1.82) is 0 Å². The van der Waals surface area contributed by atoms with Gasteiger partial charge >= 0.3 is 12.3 Å². The SMILES string of the molecule is CC(C)C[C@H](N[C@@H](c1ccccc1)C(F)(F)F)C(=O)N[C@@H](CCCNC(=O)OCc1ccccc1)CNc1ccc(N2CCOCC2)cc1. The van der Waals surface area contributed by atoms with Gasteiger partial charge in [0.1, 0.15) is 12.6 Å². The van der Waals surface area contributed by atoms with Crippen LogP contribution in [0.2, 0.25) is 0 Å². The Bertz CT molecular complexity index is 1410. The molecule has 1 heterocycles. The topological polar surface area (TPSA) is 104 Å². The number of halogens is 3. The number of hydrogen-bond acceptors (Lipinski definition) is 7. The maximum absolute atomic E-state index is 14.2. The molecule has 0 saturated carbocycles. The van der Waals surface area contributed by atoms with Gasteiger partial charge in [0.05, 0.1) is 19.3 Å². The van der Waals surface area contributed by atoms with Crippen molar-refractivity contribution in [3.05, 3.63) is 96.1 Å². The summed E-state index contributed by atoms with van der Waals surface area (Å²) >= 11 is 0. The van der Waals surface area contributed by atoms with Crippen molar-refractivity contribution in [3.63, 3.8) is 0 Å². The number of nitrogens with one attached hydrogen (secondary N) is 4. The highest BCUT2D eigenvalue weighted by Crippen LogP contribution is 2.33. The Morgan fingerprint density at radius 2 is 1.57 bits per heavy atom. The minimum absolute atomic E-state index is 0.0411. The summed E-state index contributed by atoms with van der Waals surface area (Å²) in [5, 5.41) is 11.7. The van der Waals surface area contributed by atoms with E-state index in [0.29, 0.717) is 39.1 Å². The molecule has 49 heavy (non-hydrogen) atoms. The molecular weight excluding hydrogens is 635 g/mol. The first-order chi connectivity index (χ1) is 23.6. The number of ether oxygens (including phenoxy) is 2. The number of carbonyl (C=O) groups excluding carboxylic acids is 2. The zero-order valence-corrected chi connectivity index (χ0v) is 28.2. The largest absolute Gasteiger partial charge is 0.445 e. The highest BCUT2D eigenvalue weighted by atomic mass is 19.4. The molecule has 4 N–H and O–H groups in total. The van der Waals surface area contributed by atoms with Gasteiger partial charge in [-0.05, 0) is 60.6 Å². The molecule has 0 radical (unpaired) electrons. The average Bonchev–Trinajstić information content (AvgIpc) is 3.10. The minimum atomic E-state index is -4.61. The highest BCUT2D eigenvalue weighted by Gasteiger charge is 2.43. The van der Waals surface area contributed by atoms with E-state index in [1.165, 1.54) is 12.1 Å². The Kier molecular flexibility index (Phi) is 14.6. The summed E-state index contributed by atoms with van der Waals surface area (Å²) in [7, 11) is 0. The number of morpholine rings is 1. The van der Waals surface area contributed by atoms with Crippen molar-refractivity contribution in [2.45, 2.75) is 64.0 Å². The summed E-state index contributed by atoms with van der Waals surface area (Å²) in [6.45, 7) is 7.52. The van der Waals surface area contributed by atoms with Crippen molar-refractivity contribution >= 4 is 23.4 Å². The Morgan fingerprint density at radius 1 is 0.918 bits per heavy atom. The molecule has 1 aliphatic heterocycles. The van der Waals surface area contributed by atoms with Gasteiger partial charge in [0.25, 0.3) is 0 Å². The van der Waals surface area contributed by atoms with Gasteiger partial charge < -0.3 is 30.3 Å². The molecule has 0 unspecified atom stereocenters. The van der Waals surface area contributed by atoms with E-state index in [4.69, 9.17) is 9.47 Å². The molecule has 0 aromatic heterocycles. The number of nitrogens with zero attached hydrogens (tertiary/aromatic N) is 1. The van der Waals surface area contributed by atoms with Crippen LogP contribution in [-0.4, -0.2) is 69.7 Å². The lowest BCUT2D eigenvalue weighted by molar-refractivity contribution is -0.161. The second kappa shape index (κ2) is 19.0. The first kappa shape index (κ1) is 37.5. The number of alkyl halides is 3. The Morgan fingerprint density at radius 3 is 2.20 bits per heavy atom. The van der Waals surface area contributed by atoms with E-state index in [0.717, 1.165) is 30.0 Å². The molecule has 1 saturated heterocycles. The van der Waals surface area contributed by atoms with Crippen molar-refractivity contribution in [1.82, 2.24) is 16.0 Å². The summed E-state index contributed by atoms with van der Waals surface area (Å²) < 4.78 is 53.5. The van der Waals surface area contributed by atoms with Crippen molar-refractivity contribution in [2.75, 3.05) is 49.6 Å². The summed E-state index contributed by atoms with van der Waals surface area (Å²) in [5.74, 6) is -0.552. The number of alkyl carbamates (subject to hydrolysis) is 1. The molecule has 0 spiro atoms. The number of anilines is 2. The van der Waals surface area contributed by atoms with Crippen molar-refractivity contribution in [2.24, 2.45) is 5.92 Å². The fourth-order valence-electron chi connectivity index (χ4n) is 5.64. The third-order valence-corrected chi connectivity index (χ3v) is 8.21. The first-order valence-electron chi connectivity index (χ1n) is 16.9. The predicted molar refractivity (Wildman–Crippen MR) is 185 cm³/mol. The van der Waals surface area contributed by atoms with Gasteiger partial charge in [-0.15, -0.1) is 0 Å². The number of carbonyl (C=O) groups is 2. The zero-order chi connectivity index (χ0) is 35.1. The van der Waals surface area contributed by atoms with Crippen LogP contribution in [0.25, 0.3) is 0 Å². The molecule has 266 valence electrons. The van der Waals surface area contributed by atoms with E-state index >= 15 is 0 Å². The van der Waals surface area contributed by atoms with E-state index in [-0.39, 0.29) is 24.5 Å². The summed E-state index contributed by atoms with van der Waals surface area (Å²) in [5.41, 5.74) is 2.84. The van der Waals surface area contributed by atoms with Crippen LogP contribution in [0, 0.1) is 5.92 Å². The predicted octanol–water partition coefficient (Wildman–Crippen LogP) is 6.43. The van der Waals surface area contributed by atoms with E-state index < -0.39 is 36.3 Å². The normalized spacial score (nSPS) is 15.3. The fraction of sp³-hybridized carbons (Fsp3) is 0.459. The lowest BCUT2D eigenvalue weighted by atomic mass is 9.99. The second-order valence-electron chi connectivity index (χ2n) is 12.6. The molecule has 0 aliphatic carbocycles. The van der Waals surface area contributed by atoms with E-state index in [9.17, 15) is 22.8 Å². The smallest absolute Gasteiger partial charge is 0.407 e. The number of amides is 2. The maximum atomic E-state index is 14.2. The Labute approximate surface area is 286 Å². The third kappa shape index (κ3) is 12.9. The third-order valence-electron chi connectivity index (χ3n) is 8.21. The van der Waals surface area contributed by atoms with Crippen LogP contribution < -0.4 is 26.2 Å². The molecule has 3 atom stereocenters. The van der Waals surface area contributed by atoms with Crippen LogP contribution in [-0.2, 0) is 20.9 Å². The second-order valence-corrected chi connectivity index (χ2v) is 12.6. The molecule has 3 aromatic carbocycles. The molecule has 1 aliphatic rings. The maximum Gasteiger partial charge on any atom is 0.407 e. The van der Waals surface area contributed by atoms with Gasteiger partial charge in [0, 0.05) is 43.6 Å². The van der Waals surface area contributed by atoms with Gasteiger partial charge in [0.2, 0.25) is 5.91 Å². The fourth-order valence-corrected chi connectivity index (χ4v) is 5.64. The van der Waals surface area contributed by atoms with E-state index in [2.05, 4.69) is 26.2 Å². The van der Waals surface area contributed by atoms with Gasteiger partial charge in [-0.2, -0.15) is 13.2 Å². The van der Waals surface area contributed by atoms with Gasteiger partial charge in [-0.3, -0.25) is 10.1 Å². The monoisotopic (exact) mass is 683 g/mol. The number of benzene rings is 3. The van der Waals surface area contributed by atoms with E-state index in [1.807, 2.05) is 68.4 Å². The molecule has 4 rings (SSSR count). The van der Waals surface area contributed by atoms with Crippen molar-refractivity contribution < 1.29 is 32.2 Å². The highest BCUT2D eigenvalue weighted by molar-refractivity contribution is 5.82. The van der Waals surface area contributed by atoms with Crippen LogP contribution in [0.5, 0.6) is 0 Å². The van der Waals surface area contributed by atoms with Crippen LogP contribution >= 0.6 is 0 Å². The zero-order valence-electron chi connectivity index (χ0n) is 28.2. The molecular formula is C37H48F3N5O4. The number of hydrogen-bond donors (Lipinski definition) is 4. The quantitative estimate of drug-likeness (QED) is 0.122. The average molecular weight is 684 g/mol. The Balaban J connectivity index is 1.40. The van der Waals surface area contributed by atoms with E-state index in [1.54, 1.807) is 18.2 Å². The van der Waals surface area contributed by atoms with Gasteiger partial charge in [0.15, 0.2) is 0 Å². The summed E-state index contributed by atoms with van der Waals surface area (Å²) in [6.07, 6.45) is -3.99. The standard InChI is InChI=1S/C37H48F3N5O4/c1-27(2)24-33(44-34(37(38,39)40)29-12-7-4-8-13-29)35(46)43-31(14-9-19-41-36(47)49-26-28-10-5-3-6-11-28)25-42-30-15-17-32(18-16-30)45-20-22-48-23-21-45/h3-8,10-13,15-18,27,31,33-34,42,44H,9,14,19-26H2,1-2H3,(H,41,47)(H,43,46)/t31-,33-,34-/m0/s1. The van der Waals surface area contributed by atoms with Gasteiger partial charge in [-0.25, -0.2) is 4.79 Å². The van der Waals surface area contributed by atoms with Crippen LogP contribution in [0.3, 0.4) is 0 Å². The van der Waals surface area contributed by atoms with Crippen LogP contribution in [0.15, 0.2) is 84.9 Å². The Hall–Kier alpha value is -4.29. The molecule has 12 heteroatoms. The molecule has 2 amide bonds. The minimum Gasteiger partial charge on any atom is -0.445 e. The summed E-state index contributed by atoms with van der Waals surface area (Å²) in [4.78, 5) is 28.2. The van der Waals surface area contributed by atoms with Crippen molar-refractivity contribution in [3.8, 4) is 0 Å². The lowest BCUT2D eigenvalue weighted by Crippen LogP contribution is -2.52. The molecule has 0 bridgehead atoms.